The van der Waals surface area contributed by atoms with Gasteiger partial charge < -0.3 is 34.0 Å². The number of aliphatic hydroxyl groups excluding tert-OH is 1. The molecular formula is C40H72O14P2. The van der Waals surface area contributed by atoms with Crippen LogP contribution in [0, 0.1) is 5.92 Å². The number of ether oxygens (including phenoxy) is 3. The van der Waals surface area contributed by atoms with Gasteiger partial charge >= 0.3 is 27.6 Å². The lowest BCUT2D eigenvalue weighted by atomic mass is 10.0. The molecule has 4 N–H and O–H groups in total. The minimum atomic E-state index is -4.87. The van der Waals surface area contributed by atoms with Crippen LogP contribution in [-0.2, 0) is 46.5 Å². The molecule has 0 spiro atoms. The SMILES string of the molecule is CCCCC/C=C\CC1OC1C/C=C\C/C=C\CCCC(=O)O[C@H](COC(=O)CCCCCCCCCCC(C)C)COP(=O)(O)OC[C@@H](O)COP(=O)(O)O. The molecule has 0 aromatic heterocycles. The fourth-order valence-corrected chi connectivity index (χ4v) is 6.72. The molecule has 5 atom stereocenters. The predicted molar refractivity (Wildman–Crippen MR) is 216 cm³/mol. The molecule has 0 saturated carbocycles. The minimum Gasteiger partial charge on any atom is -0.462 e. The van der Waals surface area contributed by atoms with E-state index in [9.17, 15) is 28.7 Å². The highest BCUT2D eigenvalue weighted by atomic mass is 31.2. The summed E-state index contributed by atoms with van der Waals surface area (Å²) in [6.45, 7) is 3.90. The second-order valence-electron chi connectivity index (χ2n) is 14.8. The van der Waals surface area contributed by atoms with Crippen LogP contribution in [-0.4, -0.2) is 82.6 Å². The van der Waals surface area contributed by atoms with Crippen LogP contribution in [0.5, 0.6) is 0 Å². The van der Waals surface area contributed by atoms with Gasteiger partial charge in [0, 0.05) is 12.8 Å². The Morgan fingerprint density at radius 1 is 0.661 bits per heavy atom. The van der Waals surface area contributed by atoms with Gasteiger partial charge in [0.25, 0.3) is 0 Å². The number of rotatable bonds is 37. The maximum Gasteiger partial charge on any atom is 0.472 e. The number of aliphatic hydroxyl groups is 1. The zero-order valence-corrected chi connectivity index (χ0v) is 35.9. The number of epoxide rings is 1. The maximum atomic E-state index is 12.6. The van der Waals surface area contributed by atoms with Gasteiger partial charge in [-0.1, -0.05) is 121 Å². The van der Waals surface area contributed by atoms with Gasteiger partial charge in [-0.25, -0.2) is 9.13 Å². The molecule has 14 nitrogen and oxygen atoms in total. The van der Waals surface area contributed by atoms with Gasteiger partial charge in [0.1, 0.15) is 12.7 Å². The minimum absolute atomic E-state index is 0.0505. The summed E-state index contributed by atoms with van der Waals surface area (Å²) in [5, 5.41) is 9.73. The summed E-state index contributed by atoms with van der Waals surface area (Å²) in [6.07, 6.45) is 29.1. The summed E-state index contributed by atoms with van der Waals surface area (Å²) in [5.41, 5.74) is 0. The van der Waals surface area contributed by atoms with Crippen LogP contribution in [0.2, 0.25) is 0 Å². The van der Waals surface area contributed by atoms with Crippen LogP contribution in [0.15, 0.2) is 36.5 Å². The van der Waals surface area contributed by atoms with Gasteiger partial charge in [-0.2, -0.15) is 0 Å². The Labute approximate surface area is 335 Å². The third-order valence-electron chi connectivity index (χ3n) is 8.85. The van der Waals surface area contributed by atoms with Crippen molar-refractivity contribution >= 4 is 27.6 Å². The molecule has 56 heavy (non-hydrogen) atoms. The number of hydrogen-bond donors (Lipinski definition) is 4. The monoisotopic (exact) mass is 838 g/mol. The molecule has 0 aromatic rings. The van der Waals surface area contributed by atoms with Gasteiger partial charge in [-0.05, 0) is 57.3 Å². The van der Waals surface area contributed by atoms with Crippen molar-refractivity contribution in [3.05, 3.63) is 36.5 Å². The van der Waals surface area contributed by atoms with E-state index in [-0.39, 0.29) is 12.8 Å². The third kappa shape index (κ3) is 33.3. The molecule has 3 unspecified atom stereocenters. The third-order valence-corrected chi connectivity index (χ3v) is 10.3. The van der Waals surface area contributed by atoms with Gasteiger partial charge in [-0.15, -0.1) is 0 Å². The lowest BCUT2D eigenvalue weighted by molar-refractivity contribution is -0.161. The predicted octanol–water partition coefficient (Wildman–Crippen LogP) is 8.96. The van der Waals surface area contributed by atoms with Crippen LogP contribution in [0.25, 0.3) is 0 Å². The average Bonchev–Trinajstić information content (AvgIpc) is 3.89. The normalized spacial score (nSPS) is 18.2. The molecule has 0 radical (unpaired) electrons. The first-order chi connectivity index (χ1) is 26.7. The fourth-order valence-electron chi connectivity index (χ4n) is 5.57. The largest absolute Gasteiger partial charge is 0.472 e. The van der Waals surface area contributed by atoms with E-state index in [2.05, 4.69) is 54.1 Å². The summed E-state index contributed by atoms with van der Waals surface area (Å²) in [5.74, 6) is -0.367. The molecule has 1 aliphatic heterocycles. The molecule has 1 fully saturated rings. The number of phosphoric acid groups is 2. The first kappa shape index (κ1) is 52.3. The second-order valence-corrected chi connectivity index (χ2v) is 17.5. The van der Waals surface area contributed by atoms with Crippen LogP contribution >= 0.6 is 15.6 Å². The van der Waals surface area contributed by atoms with Crippen molar-refractivity contribution in [3.8, 4) is 0 Å². The number of esters is 2. The molecule has 0 aromatic carbocycles. The van der Waals surface area contributed by atoms with E-state index in [1.165, 1.54) is 51.4 Å². The Morgan fingerprint density at radius 2 is 1.21 bits per heavy atom. The molecule has 326 valence electrons. The van der Waals surface area contributed by atoms with Crippen molar-refractivity contribution in [1.29, 1.82) is 0 Å². The first-order valence-electron chi connectivity index (χ1n) is 20.7. The lowest BCUT2D eigenvalue weighted by Gasteiger charge is -2.20. The number of hydrogen-bond acceptors (Lipinski definition) is 11. The van der Waals surface area contributed by atoms with Crippen molar-refractivity contribution < 1.29 is 66.3 Å². The van der Waals surface area contributed by atoms with Crippen molar-refractivity contribution in [2.75, 3.05) is 26.4 Å². The van der Waals surface area contributed by atoms with Crippen LogP contribution < -0.4 is 0 Å². The molecule has 1 heterocycles. The Balaban J connectivity index is 2.42. The molecule has 1 saturated heterocycles. The number of allylic oxidation sites excluding steroid dienone is 4. The summed E-state index contributed by atoms with van der Waals surface area (Å²) in [7, 11) is -9.69. The van der Waals surface area contributed by atoms with Crippen molar-refractivity contribution in [2.24, 2.45) is 5.92 Å². The van der Waals surface area contributed by atoms with E-state index >= 15 is 0 Å². The number of carbonyl (C=O) groups excluding carboxylic acids is 2. The highest BCUT2D eigenvalue weighted by Crippen LogP contribution is 2.44. The van der Waals surface area contributed by atoms with Crippen molar-refractivity contribution in [1.82, 2.24) is 0 Å². The van der Waals surface area contributed by atoms with Gasteiger partial charge in [0.2, 0.25) is 0 Å². The summed E-state index contributed by atoms with van der Waals surface area (Å²) in [6, 6.07) is 0. The molecular weight excluding hydrogens is 766 g/mol. The number of phosphoric ester groups is 2. The van der Waals surface area contributed by atoms with Crippen LogP contribution in [0.3, 0.4) is 0 Å². The molecule has 16 heteroatoms. The van der Waals surface area contributed by atoms with E-state index in [0.717, 1.165) is 50.9 Å². The number of carbonyl (C=O) groups is 2. The molecule has 1 aliphatic rings. The Morgan fingerprint density at radius 3 is 1.88 bits per heavy atom. The zero-order valence-electron chi connectivity index (χ0n) is 34.1. The lowest BCUT2D eigenvalue weighted by Crippen LogP contribution is -2.29. The van der Waals surface area contributed by atoms with E-state index < -0.39 is 66.2 Å². The van der Waals surface area contributed by atoms with E-state index in [4.69, 9.17) is 28.5 Å². The Hall–Kier alpha value is -1.70. The standard InChI is InChI=1S/C40H72O14P2/c1-4-5-6-7-16-21-26-37-38(54-37)27-22-17-12-10-14-19-24-29-40(43)53-36(33-52-56(47,48)51-31-35(41)30-50-55(44,45)46)32-49-39(42)28-23-18-13-9-8-11-15-20-25-34(2)3/h10,14,16-17,21-22,34-38,41H,4-9,11-13,15,18-20,23-33H2,1-3H3,(H,47,48)(H2,44,45,46)/b14-10-,21-16-,22-17-/t35-,36+,37?,38?/m0/s1. The fraction of sp³-hybridized carbons (Fsp3) is 0.800. The van der Waals surface area contributed by atoms with Crippen molar-refractivity contribution in [2.45, 2.75) is 174 Å². The summed E-state index contributed by atoms with van der Waals surface area (Å²) < 4.78 is 53.3. The molecule has 0 aliphatic carbocycles. The summed E-state index contributed by atoms with van der Waals surface area (Å²) in [4.78, 5) is 52.6. The summed E-state index contributed by atoms with van der Waals surface area (Å²) >= 11 is 0. The second kappa shape index (κ2) is 32.2. The molecule has 1 rings (SSSR count). The van der Waals surface area contributed by atoms with Crippen LogP contribution in [0.1, 0.15) is 149 Å². The highest BCUT2D eigenvalue weighted by Gasteiger charge is 2.36. The van der Waals surface area contributed by atoms with E-state index in [1.54, 1.807) is 0 Å². The quantitative estimate of drug-likeness (QED) is 0.0151. The molecule has 0 bridgehead atoms. The Bertz CT molecular complexity index is 1220. The molecule has 0 amide bonds. The van der Waals surface area contributed by atoms with E-state index in [1.807, 2.05) is 12.2 Å². The Kier molecular flexibility index (Phi) is 30.1. The zero-order chi connectivity index (χ0) is 41.5. The first-order valence-corrected chi connectivity index (χ1v) is 23.7. The maximum absolute atomic E-state index is 12.6. The van der Waals surface area contributed by atoms with Gasteiger partial charge in [-0.3, -0.25) is 23.2 Å². The van der Waals surface area contributed by atoms with Crippen LogP contribution in [0.4, 0.5) is 0 Å². The smallest absolute Gasteiger partial charge is 0.462 e. The number of unbranched alkanes of at least 4 members (excludes halogenated alkanes) is 11. The van der Waals surface area contributed by atoms with E-state index in [0.29, 0.717) is 31.5 Å². The van der Waals surface area contributed by atoms with Gasteiger partial charge in [0.15, 0.2) is 6.10 Å². The van der Waals surface area contributed by atoms with Crippen molar-refractivity contribution in [3.63, 3.8) is 0 Å². The van der Waals surface area contributed by atoms with Gasteiger partial charge in [0.05, 0.1) is 32.0 Å². The average molecular weight is 839 g/mol. The highest BCUT2D eigenvalue weighted by molar-refractivity contribution is 7.47. The topological polar surface area (TPSA) is 208 Å².